The molecule has 9 N–H and O–H groups in total. The molecule has 7 heterocycles. The number of ether oxygens (including phenoxy) is 17. The maximum atomic E-state index is 14.3. The lowest BCUT2D eigenvalue weighted by molar-refractivity contribution is -0.245. The summed E-state index contributed by atoms with van der Waals surface area (Å²) >= 11 is 0. The van der Waals surface area contributed by atoms with Crippen LogP contribution in [0.15, 0.2) is 97.2 Å². The van der Waals surface area contributed by atoms with Gasteiger partial charge in [0, 0.05) is 101 Å². The van der Waals surface area contributed by atoms with Gasteiger partial charge in [-0.2, -0.15) is 5.10 Å². The van der Waals surface area contributed by atoms with E-state index in [4.69, 9.17) is 97.1 Å². The van der Waals surface area contributed by atoms with Gasteiger partial charge in [0.25, 0.3) is 11.7 Å². The first-order valence-electron chi connectivity index (χ1n) is 48.3. The van der Waals surface area contributed by atoms with Gasteiger partial charge in [-0.1, -0.05) is 82.9 Å². The van der Waals surface area contributed by atoms with Gasteiger partial charge >= 0.3 is 12.1 Å². The molecular formula is C99H149N11O27. The van der Waals surface area contributed by atoms with Crippen molar-refractivity contribution in [3.05, 3.63) is 114 Å². The van der Waals surface area contributed by atoms with Crippen LogP contribution in [0.25, 0.3) is 33.3 Å². The molecule has 1 saturated carbocycles. The van der Waals surface area contributed by atoms with E-state index in [2.05, 4.69) is 50.0 Å². The second-order valence-corrected chi connectivity index (χ2v) is 35.5. The molecule has 3 amide bonds. The average Bonchev–Trinajstić information content (AvgIpc) is 1.60. The molecule has 2 saturated heterocycles. The number of likely N-dealkylation sites (tertiary alicyclic amines) is 1. The molecule has 1 aliphatic carbocycles. The standard InChI is InChI=1S/C99H149N11O27/c1-67(2)81(111)62-84(135-97(118)80-19-13-14-30-109(80)96(117)92(116)99(120)27-15-18-78(137-99)61-83(121-8)70(6)17-12-10-11-16-69(5)56-71(7)90(114)91(115)89(113)68(3)4)79(100)58-72-21-23-82(85(59-72)122-9)136-98(119)103-29-33-124-35-37-126-39-41-128-43-45-130-47-49-132-51-53-134-55-54-133-52-50-131-48-46-129-44-42-127-40-38-125-36-34-123-32-26-86(112)108-31-25-74-57-73(20-22-76(74)65-108)64-110-95-87(93(101)105-66-106-95)88(107-110)77-60-75-24-28-102-94(75)104-63-77/h10-12,16-17,20,22,24,28,57,60,63,66-67,69,71-72,78-80,82-85,89,91,113,115,120H,3,13-15,18-19,21,23,25-27,29-56,58-59,61-62,64-65,100H2,1-2,4-9H3,(H,102,104)(H,103,119)(H2,101,105,106)/b12-10+,16-11+,70-17+/t69-,71-,72+,78+,79-,80+,82-,83+,84+,85-,89-,91-,99-/m1/s1. The molecule has 0 spiro atoms. The predicted molar refractivity (Wildman–Crippen MR) is 508 cm³/mol. The number of hydrogen-bond acceptors (Lipinski definition) is 33. The van der Waals surface area contributed by atoms with Gasteiger partial charge in [-0.25, -0.2) is 29.2 Å². The third-order valence-corrected chi connectivity index (χ3v) is 24.7. The van der Waals surface area contributed by atoms with Gasteiger partial charge in [0.05, 0.1) is 195 Å². The third kappa shape index (κ3) is 37.6. The lowest BCUT2D eigenvalue weighted by atomic mass is 9.80. The summed E-state index contributed by atoms with van der Waals surface area (Å²) in [5.74, 6) is -6.70. The molecule has 1 aromatic carbocycles. The van der Waals surface area contributed by atoms with Crippen LogP contribution in [0.4, 0.5) is 10.6 Å². The van der Waals surface area contributed by atoms with Gasteiger partial charge in [0.15, 0.2) is 11.4 Å². The SMILES string of the molecule is C=C(C)[C@@H](O)[C@@H](O)C(=O)[C@H](C)C[C@H](C)/C=C/C=C/C=C(\C)[C@H](C[C@@H]1CCC[C@](O)(C(=O)C(=O)N2CCCC[C@H]2C(=O)O[C@@H](CC(=O)C(C)C)[C@H](N)C[C@@H]2CC[C@@H](OC(=O)NCCOCCOCCOCCOCCOCCOCCOCCOCCOCCOCCOCCOCCC(=O)N3CCc4cc(Cn5nc(-c6cnc7[nH]ccc7c6)c6c(N)ncnc65)ccc4C3)[C@H](OC)C2)O1)OC. The summed E-state index contributed by atoms with van der Waals surface area (Å²) in [6.45, 7) is 25.6. The van der Waals surface area contributed by atoms with Crippen LogP contribution in [-0.4, -0.2) is 349 Å². The number of benzene rings is 1. The summed E-state index contributed by atoms with van der Waals surface area (Å²) in [4.78, 5) is 114. The molecule has 38 heteroatoms. The summed E-state index contributed by atoms with van der Waals surface area (Å²) in [7, 11) is 3.08. The fourth-order valence-corrected chi connectivity index (χ4v) is 16.8. The Kier molecular flexibility index (Phi) is 49.8. The zero-order valence-electron chi connectivity index (χ0n) is 81.3. The highest BCUT2D eigenvalue weighted by Gasteiger charge is 2.50. The van der Waals surface area contributed by atoms with E-state index in [0.717, 1.165) is 44.6 Å². The first kappa shape index (κ1) is 112. The highest BCUT2D eigenvalue weighted by Crippen LogP contribution is 2.37. The van der Waals surface area contributed by atoms with Crippen molar-refractivity contribution >= 4 is 69.1 Å². The second-order valence-electron chi connectivity index (χ2n) is 35.5. The number of esters is 1. The second kappa shape index (κ2) is 61.0. The van der Waals surface area contributed by atoms with Gasteiger partial charge in [0.2, 0.25) is 11.7 Å². The number of rotatable bonds is 67. The topological polar surface area (TPSA) is 480 Å². The number of fused-ring (bicyclic) bond motifs is 3. The van der Waals surface area contributed by atoms with Crippen LogP contribution in [0.1, 0.15) is 148 Å². The fourth-order valence-electron chi connectivity index (χ4n) is 16.8. The Morgan fingerprint density at radius 2 is 1.30 bits per heavy atom. The number of carbonyl (C=O) groups excluding carboxylic acids is 7. The summed E-state index contributed by atoms with van der Waals surface area (Å²) in [5.41, 5.74) is 20.7. The average molecular weight is 1930 g/mol. The molecule has 3 fully saturated rings. The van der Waals surface area contributed by atoms with Crippen molar-refractivity contribution in [1.82, 2.24) is 44.8 Å². The molecule has 4 aliphatic rings. The van der Waals surface area contributed by atoms with Crippen LogP contribution in [-0.2, 0) is 129 Å². The minimum Gasteiger partial charge on any atom is -0.459 e. The summed E-state index contributed by atoms with van der Waals surface area (Å²) in [6, 6.07) is 8.35. The zero-order chi connectivity index (χ0) is 98.3. The number of methoxy groups -OCH3 is 2. The number of aromatic nitrogens is 6. The van der Waals surface area contributed by atoms with Gasteiger partial charge in [0.1, 0.15) is 59.7 Å². The smallest absolute Gasteiger partial charge is 0.407 e. The van der Waals surface area contributed by atoms with Crippen molar-refractivity contribution in [3.63, 3.8) is 0 Å². The number of nitrogens with one attached hydrogen (secondary N) is 2. The van der Waals surface area contributed by atoms with E-state index < -0.39 is 102 Å². The van der Waals surface area contributed by atoms with Gasteiger partial charge in [-0.3, -0.25) is 24.0 Å². The number of aromatic amines is 1. The number of alkyl carbamates (subject to hydrolysis) is 1. The number of nitrogens with two attached hydrogens (primary N) is 2. The van der Waals surface area contributed by atoms with Crippen molar-refractivity contribution in [1.29, 1.82) is 0 Å². The van der Waals surface area contributed by atoms with Crippen LogP contribution in [0, 0.1) is 23.7 Å². The fraction of sp³-hybridized carbons (Fsp3) is 0.667. The number of H-pyrrole nitrogens is 1. The number of aliphatic hydroxyl groups is 3. The highest BCUT2D eigenvalue weighted by molar-refractivity contribution is 6.39. The molecule has 9 rings (SSSR count). The largest absolute Gasteiger partial charge is 0.459 e. The van der Waals surface area contributed by atoms with E-state index in [0.29, 0.717) is 264 Å². The molecular weight excluding hydrogens is 1780 g/mol. The molecule has 5 aromatic rings. The first-order valence-corrected chi connectivity index (χ1v) is 48.3. The first-order chi connectivity index (χ1) is 66.2. The molecule has 4 aromatic heterocycles. The van der Waals surface area contributed by atoms with Crippen LogP contribution < -0.4 is 16.8 Å². The van der Waals surface area contributed by atoms with Crippen LogP contribution in [0.5, 0.6) is 0 Å². The minimum atomic E-state index is -2.46. The van der Waals surface area contributed by atoms with E-state index in [1.165, 1.54) is 19.0 Å². The van der Waals surface area contributed by atoms with Crippen molar-refractivity contribution in [2.45, 2.75) is 212 Å². The number of hydrogen-bond donors (Lipinski definition) is 7. The van der Waals surface area contributed by atoms with Gasteiger partial charge in [-0.05, 0) is 136 Å². The Bertz CT molecular complexity index is 4600. The molecule has 137 heavy (non-hydrogen) atoms. The van der Waals surface area contributed by atoms with E-state index >= 15 is 0 Å². The number of ketones is 3. The van der Waals surface area contributed by atoms with Crippen molar-refractivity contribution in [3.8, 4) is 11.3 Å². The van der Waals surface area contributed by atoms with Crippen molar-refractivity contribution in [2.24, 2.45) is 29.4 Å². The number of nitrogen functional groups attached to an aromatic ring is 1. The molecule has 0 radical (unpaired) electrons. The summed E-state index contributed by atoms with van der Waals surface area (Å²) in [5, 5.41) is 41.5. The zero-order valence-corrected chi connectivity index (χ0v) is 81.3. The van der Waals surface area contributed by atoms with Crippen LogP contribution in [0.2, 0.25) is 0 Å². The number of anilines is 1. The number of aliphatic hydroxyl groups excluding tert-OH is 2. The molecule has 38 nitrogen and oxygen atoms in total. The van der Waals surface area contributed by atoms with E-state index in [1.54, 1.807) is 41.0 Å². The molecule has 762 valence electrons. The lowest BCUT2D eigenvalue weighted by Crippen LogP contribution is -2.58. The van der Waals surface area contributed by atoms with Crippen LogP contribution in [0.3, 0.4) is 0 Å². The van der Waals surface area contributed by atoms with Gasteiger partial charge in [-0.15, -0.1) is 0 Å². The summed E-state index contributed by atoms with van der Waals surface area (Å²) in [6.07, 6.45) is 13.0. The van der Waals surface area contributed by atoms with E-state index in [1.807, 2.05) is 72.1 Å². The normalized spacial score (nSPS) is 19.9. The lowest BCUT2D eigenvalue weighted by Gasteiger charge is -2.40. The Labute approximate surface area is 803 Å². The Morgan fingerprint density at radius 1 is 0.686 bits per heavy atom. The quantitative estimate of drug-likeness (QED) is 0.00640. The minimum absolute atomic E-state index is 0.00963. The van der Waals surface area contributed by atoms with Gasteiger partial charge < -0.3 is 127 Å². The highest BCUT2D eigenvalue weighted by atomic mass is 16.6. The Hall–Kier alpha value is -8.85. The number of allylic oxidation sites excluding steroid dienone is 5. The predicted octanol–water partition coefficient (Wildman–Crippen LogP) is 7.83. The monoisotopic (exact) mass is 1920 g/mol. The molecule has 13 atom stereocenters. The number of nitrogens with zero attached hydrogens (tertiary/aromatic N) is 7. The molecule has 3 aliphatic heterocycles. The van der Waals surface area contributed by atoms with E-state index in [9.17, 15) is 48.9 Å². The van der Waals surface area contributed by atoms with Crippen molar-refractivity contribution < 1.29 is 129 Å². The number of carbonyl (C=O) groups is 7. The molecule has 0 unspecified atom stereocenters. The van der Waals surface area contributed by atoms with Crippen molar-refractivity contribution in [2.75, 3.05) is 198 Å². The molecule has 0 bridgehead atoms. The Morgan fingerprint density at radius 3 is 1.90 bits per heavy atom. The number of piperidine rings is 1. The van der Waals surface area contributed by atoms with Crippen LogP contribution >= 0.6 is 0 Å². The van der Waals surface area contributed by atoms with E-state index in [-0.39, 0.29) is 68.9 Å². The maximum absolute atomic E-state index is 14.3. The number of amides is 3. The maximum Gasteiger partial charge on any atom is 0.407 e. The summed E-state index contributed by atoms with van der Waals surface area (Å²) < 4.78 is 98.7. The number of Topliss-reactive ketones (excluding diaryl/α,β-unsaturated/α-hetero) is 3. The Balaban J connectivity index is 0.506. The number of pyridine rings is 1. The third-order valence-electron chi connectivity index (χ3n) is 24.7.